The number of para-hydroxylation sites is 2. The highest BCUT2D eigenvalue weighted by molar-refractivity contribution is 6.24. The third-order valence-corrected chi connectivity index (χ3v) is 14.8. The molecule has 0 saturated carbocycles. The van der Waals surface area contributed by atoms with Gasteiger partial charge in [-0.1, -0.05) is 206 Å². The van der Waals surface area contributed by atoms with Gasteiger partial charge in [-0.15, -0.1) is 0 Å². The maximum absolute atomic E-state index is 6.81. The molecule has 4 heteroatoms. The Bertz CT molecular complexity index is 3980. The molecular formula is C72H49N3O. The second-order valence-corrected chi connectivity index (χ2v) is 19.3. The van der Waals surface area contributed by atoms with Gasteiger partial charge in [0, 0.05) is 38.9 Å². The second kappa shape index (κ2) is 19.0. The van der Waals surface area contributed by atoms with Crippen LogP contribution in [0.25, 0.3) is 93.9 Å². The average molecular weight is 972 g/mol. The summed E-state index contributed by atoms with van der Waals surface area (Å²) in [6.45, 7) is 0. The zero-order valence-electron chi connectivity index (χ0n) is 41.5. The molecule has 0 spiro atoms. The summed E-state index contributed by atoms with van der Waals surface area (Å²) in [6.07, 6.45) is 0. The lowest BCUT2D eigenvalue weighted by molar-refractivity contribution is 0.673. The monoisotopic (exact) mass is 971 g/mol. The smallest absolute Gasteiger partial charge is 0.145 e. The molecule has 0 radical (unpaired) electrons. The molecule has 358 valence electrons. The zero-order valence-corrected chi connectivity index (χ0v) is 41.5. The van der Waals surface area contributed by atoms with E-state index in [-0.39, 0.29) is 0 Å². The molecule has 0 aliphatic carbocycles. The van der Waals surface area contributed by atoms with Gasteiger partial charge in [-0.25, -0.2) is 0 Å². The van der Waals surface area contributed by atoms with E-state index in [4.69, 9.17) is 4.42 Å². The van der Waals surface area contributed by atoms with Crippen molar-refractivity contribution in [1.29, 1.82) is 0 Å². The summed E-state index contributed by atoms with van der Waals surface area (Å²) in [5.74, 6) is 0. The fourth-order valence-electron chi connectivity index (χ4n) is 11.1. The van der Waals surface area contributed by atoms with Crippen molar-refractivity contribution in [3.63, 3.8) is 0 Å². The number of hydrogen-bond acceptors (Lipinski definition) is 3. The number of rotatable bonds is 11. The van der Waals surface area contributed by atoms with Gasteiger partial charge in [0.1, 0.15) is 11.2 Å². The summed E-state index contributed by atoms with van der Waals surface area (Å²) in [5, 5.41) is 4.43. The van der Waals surface area contributed by atoms with E-state index in [9.17, 15) is 0 Å². The molecule has 14 aromatic rings. The molecule has 0 atom stereocenters. The van der Waals surface area contributed by atoms with Gasteiger partial charge in [-0.05, 0) is 136 Å². The topological polar surface area (TPSA) is 24.6 Å². The second-order valence-electron chi connectivity index (χ2n) is 19.3. The molecule has 2 aromatic heterocycles. The van der Waals surface area contributed by atoms with Crippen LogP contribution in [0.5, 0.6) is 0 Å². The van der Waals surface area contributed by atoms with Crippen LogP contribution < -0.4 is 9.80 Å². The molecule has 0 fully saturated rings. The number of fused-ring (bicyclic) bond motifs is 7. The Kier molecular flexibility index (Phi) is 11.2. The molecule has 76 heavy (non-hydrogen) atoms. The molecule has 0 aliphatic heterocycles. The first-order valence-corrected chi connectivity index (χ1v) is 25.9. The lowest BCUT2D eigenvalue weighted by atomic mass is 10.0. The van der Waals surface area contributed by atoms with Crippen LogP contribution in [0.1, 0.15) is 0 Å². The van der Waals surface area contributed by atoms with Crippen molar-refractivity contribution in [3.8, 4) is 50.2 Å². The Labute approximate surface area is 441 Å². The maximum atomic E-state index is 6.81. The van der Waals surface area contributed by atoms with Gasteiger partial charge >= 0.3 is 0 Å². The molecule has 0 unspecified atom stereocenters. The minimum Gasteiger partial charge on any atom is -0.455 e. The minimum atomic E-state index is 0.880. The standard InChI is InChI=1S/C72H49N3O/c1-5-17-50(18-6-1)54-29-37-58(38-30-54)73(59-39-31-55(32-40-59)51-19-7-2-8-20-51)62-47-63(49-64(48-62)75-68-27-15-13-26-67(68)71-69(75)46-45-66-65-25-14-16-28-70(65)76-72(66)71)74(60-41-33-56(34-42-60)52-21-9-3-10-22-52)61-43-35-57(36-44-61)53-23-11-4-12-24-53/h1-49H. The summed E-state index contributed by atoms with van der Waals surface area (Å²) in [7, 11) is 0. The number of benzene rings is 12. The normalized spacial score (nSPS) is 11.4. The van der Waals surface area contributed by atoms with Crippen LogP contribution in [0.3, 0.4) is 0 Å². The van der Waals surface area contributed by atoms with Crippen molar-refractivity contribution in [1.82, 2.24) is 4.57 Å². The number of nitrogens with zero attached hydrogens (tertiary/aromatic N) is 3. The van der Waals surface area contributed by atoms with E-state index in [1.165, 1.54) is 22.3 Å². The minimum absolute atomic E-state index is 0.880. The molecule has 0 N–H and O–H groups in total. The summed E-state index contributed by atoms with van der Waals surface area (Å²) in [5.41, 5.74) is 20.4. The molecule has 2 heterocycles. The van der Waals surface area contributed by atoms with Gasteiger partial charge in [0.2, 0.25) is 0 Å². The fraction of sp³-hybridized carbons (Fsp3) is 0. The Balaban J connectivity index is 1.03. The number of furan rings is 1. The van der Waals surface area contributed by atoms with Gasteiger partial charge in [-0.2, -0.15) is 0 Å². The first kappa shape index (κ1) is 44.5. The van der Waals surface area contributed by atoms with Gasteiger partial charge in [-0.3, -0.25) is 0 Å². The number of aromatic nitrogens is 1. The highest BCUT2D eigenvalue weighted by Gasteiger charge is 2.24. The average Bonchev–Trinajstić information content (AvgIpc) is 4.10. The van der Waals surface area contributed by atoms with E-state index in [2.05, 4.69) is 306 Å². The summed E-state index contributed by atoms with van der Waals surface area (Å²) in [6, 6.07) is 107. The first-order valence-electron chi connectivity index (χ1n) is 25.9. The molecule has 4 nitrogen and oxygen atoms in total. The third kappa shape index (κ3) is 8.06. The lowest BCUT2D eigenvalue weighted by Crippen LogP contribution is -2.14. The predicted octanol–water partition coefficient (Wildman–Crippen LogP) is 20.3. The van der Waals surface area contributed by atoms with Crippen LogP contribution in [0.15, 0.2) is 302 Å². The summed E-state index contributed by atoms with van der Waals surface area (Å²) in [4.78, 5) is 4.80. The van der Waals surface area contributed by atoms with E-state index in [0.717, 1.165) is 106 Å². The molecule has 0 bridgehead atoms. The molecule has 14 rings (SSSR count). The molecule has 0 amide bonds. The van der Waals surface area contributed by atoms with E-state index in [1.54, 1.807) is 0 Å². The largest absolute Gasteiger partial charge is 0.455 e. The van der Waals surface area contributed by atoms with Crippen molar-refractivity contribution in [2.24, 2.45) is 0 Å². The number of anilines is 6. The Morgan fingerprint density at radius 1 is 0.250 bits per heavy atom. The van der Waals surface area contributed by atoms with Crippen LogP contribution in [0, 0.1) is 0 Å². The lowest BCUT2D eigenvalue weighted by Gasteiger charge is -2.31. The van der Waals surface area contributed by atoms with Crippen molar-refractivity contribution in [3.05, 3.63) is 297 Å². The Hall–Kier alpha value is -10.2. The van der Waals surface area contributed by atoms with Crippen LogP contribution in [-0.4, -0.2) is 4.57 Å². The molecular weight excluding hydrogens is 923 g/mol. The Morgan fingerprint density at radius 2 is 0.605 bits per heavy atom. The van der Waals surface area contributed by atoms with Gasteiger partial charge in [0.05, 0.1) is 33.5 Å². The molecule has 12 aromatic carbocycles. The van der Waals surface area contributed by atoms with Gasteiger partial charge in [0.25, 0.3) is 0 Å². The fourth-order valence-corrected chi connectivity index (χ4v) is 11.1. The quantitative estimate of drug-likeness (QED) is 0.129. The van der Waals surface area contributed by atoms with E-state index < -0.39 is 0 Å². The van der Waals surface area contributed by atoms with Crippen molar-refractivity contribution < 1.29 is 4.42 Å². The maximum Gasteiger partial charge on any atom is 0.145 e. The van der Waals surface area contributed by atoms with Gasteiger partial charge < -0.3 is 18.8 Å². The van der Waals surface area contributed by atoms with E-state index >= 15 is 0 Å². The predicted molar refractivity (Wildman–Crippen MR) is 319 cm³/mol. The Morgan fingerprint density at radius 3 is 1.03 bits per heavy atom. The van der Waals surface area contributed by atoms with Crippen LogP contribution in [-0.2, 0) is 0 Å². The van der Waals surface area contributed by atoms with E-state index in [1.807, 2.05) is 6.07 Å². The van der Waals surface area contributed by atoms with Crippen LogP contribution in [0.2, 0.25) is 0 Å². The SMILES string of the molecule is c1ccc(-c2ccc(N(c3ccc(-c4ccccc4)cc3)c3cc(N(c4ccc(-c5ccccc5)cc4)c4ccc(-c5ccccc5)cc4)cc(-n4c5ccccc5c5c6oc7ccccc7c6ccc54)c3)cc2)cc1. The molecule has 0 saturated heterocycles. The first-order chi connectivity index (χ1) is 37.7. The van der Waals surface area contributed by atoms with E-state index in [0.29, 0.717) is 0 Å². The summed E-state index contributed by atoms with van der Waals surface area (Å²) >= 11 is 0. The highest BCUT2D eigenvalue weighted by atomic mass is 16.3. The highest BCUT2D eigenvalue weighted by Crippen LogP contribution is 2.46. The van der Waals surface area contributed by atoms with Crippen molar-refractivity contribution in [2.75, 3.05) is 9.80 Å². The molecule has 0 aliphatic rings. The summed E-state index contributed by atoms with van der Waals surface area (Å²) < 4.78 is 9.24. The number of hydrogen-bond donors (Lipinski definition) is 0. The third-order valence-electron chi connectivity index (χ3n) is 14.8. The van der Waals surface area contributed by atoms with Crippen molar-refractivity contribution >= 4 is 77.9 Å². The zero-order chi connectivity index (χ0) is 50.4. The van der Waals surface area contributed by atoms with Crippen LogP contribution in [0.4, 0.5) is 34.1 Å². The van der Waals surface area contributed by atoms with Gasteiger partial charge in [0.15, 0.2) is 0 Å². The van der Waals surface area contributed by atoms with Crippen molar-refractivity contribution in [2.45, 2.75) is 0 Å². The van der Waals surface area contributed by atoms with Crippen LogP contribution >= 0.6 is 0 Å².